The lowest BCUT2D eigenvalue weighted by Gasteiger charge is -2.07. The number of nitrogens with zero attached hydrogens (tertiary/aromatic N) is 4. The molecule has 2 aromatic heterocycles. The molecule has 0 aliphatic carbocycles. The summed E-state index contributed by atoms with van der Waals surface area (Å²) in [7, 11) is 0. The van der Waals surface area contributed by atoms with Gasteiger partial charge < -0.3 is 0 Å². The molecule has 100 valence electrons. The van der Waals surface area contributed by atoms with Crippen molar-refractivity contribution in [2.75, 3.05) is 0 Å². The van der Waals surface area contributed by atoms with E-state index in [0.717, 1.165) is 42.0 Å². The smallest absolute Gasteiger partial charge is 0.157 e. The minimum Gasteiger partial charge on any atom is -0.298 e. The molecular formula is C14H18N4O. The number of aromatic nitrogens is 4. The summed E-state index contributed by atoms with van der Waals surface area (Å²) in [5.41, 5.74) is 3.31. The molecule has 0 spiro atoms. The summed E-state index contributed by atoms with van der Waals surface area (Å²) < 4.78 is 1.77. The van der Waals surface area contributed by atoms with Gasteiger partial charge in [-0.15, -0.1) is 0 Å². The second-order valence-electron chi connectivity index (χ2n) is 4.46. The van der Waals surface area contributed by atoms with Crippen molar-refractivity contribution in [3.8, 4) is 5.82 Å². The van der Waals surface area contributed by atoms with Crippen LogP contribution in [0.4, 0.5) is 0 Å². The maximum Gasteiger partial charge on any atom is 0.157 e. The van der Waals surface area contributed by atoms with Crippen molar-refractivity contribution in [2.24, 2.45) is 0 Å². The lowest BCUT2D eigenvalue weighted by molar-refractivity contribution is 0.112. The predicted molar refractivity (Wildman–Crippen MR) is 72.8 cm³/mol. The SMILES string of the molecule is CCc1nn(-c2cc(C)nc(C)n2)c(CC)c1C=O. The molecule has 0 saturated heterocycles. The van der Waals surface area contributed by atoms with Gasteiger partial charge in [-0.25, -0.2) is 14.6 Å². The van der Waals surface area contributed by atoms with Crippen LogP contribution in [0.15, 0.2) is 6.07 Å². The number of aryl methyl sites for hydroxylation is 3. The van der Waals surface area contributed by atoms with E-state index in [-0.39, 0.29) is 0 Å². The average molecular weight is 258 g/mol. The van der Waals surface area contributed by atoms with E-state index < -0.39 is 0 Å². The van der Waals surface area contributed by atoms with Crippen LogP contribution in [0.25, 0.3) is 5.82 Å². The molecule has 0 saturated carbocycles. The molecule has 0 amide bonds. The van der Waals surface area contributed by atoms with E-state index in [4.69, 9.17) is 0 Å². The van der Waals surface area contributed by atoms with E-state index in [2.05, 4.69) is 15.1 Å². The largest absolute Gasteiger partial charge is 0.298 e. The molecule has 0 aliphatic heterocycles. The average Bonchev–Trinajstić information content (AvgIpc) is 2.74. The van der Waals surface area contributed by atoms with Gasteiger partial charge in [0.25, 0.3) is 0 Å². The highest BCUT2D eigenvalue weighted by atomic mass is 16.1. The summed E-state index contributed by atoms with van der Waals surface area (Å²) in [4.78, 5) is 19.9. The third-order valence-corrected chi connectivity index (χ3v) is 3.06. The van der Waals surface area contributed by atoms with E-state index in [0.29, 0.717) is 11.4 Å². The van der Waals surface area contributed by atoms with Gasteiger partial charge in [-0.05, 0) is 26.7 Å². The zero-order chi connectivity index (χ0) is 14.0. The van der Waals surface area contributed by atoms with Gasteiger partial charge >= 0.3 is 0 Å². The predicted octanol–water partition coefficient (Wildman–Crippen LogP) is 2.22. The Morgan fingerprint density at radius 1 is 1.21 bits per heavy atom. The summed E-state index contributed by atoms with van der Waals surface area (Å²) >= 11 is 0. The molecule has 2 rings (SSSR count). The van der Waals surface area contributed by atoms with Crippen LogP contribution in [-0.2, 0) is 12.8 Å². The zero-order valence-corrected chi connectivity index (χ0v) is 11.8. The first-order valence-electron chi connectivity index (χ1n) is 6.49. The third kappa shape index (κ3) is 2.41. The Bertz CT molecular complexity index is 596. The number of aldehydes is 1. The standard InChI is InChI=1S/C14H18N4O/c1-5-12-11(8-19)13(6-2)18(17-12)14-7-9(3)15-10(4)16-14/h7-8H,5-6H2,1-4H3. The summed E-state index contributed by atoms with van der Waals surface area (Å²) in [6, 6.07) is 1.88. The highest BCUT2D eigenvalue weighted by Gasteiger charge is 2.17. The highest BCUT2D eigenvalue weighted by Crippen LogP contribution is 2.18. The van der Waals surface area contributed by atoms with Crippen molar-refractivity contribution in [1.29, 1.82) is 0 Å². The first-order valence-corrected chi connectivity index (χ1v) is 6.49. The Morgan fingerprint density at radius 3 is 2.47 bits per heavy atom. The lowest BCUT2D eigenvalue weighted by atomic mass is 10.1. The highest BCUT2D eigenvalue weighted by molar-refractivity contribution is 5.78. The Balaban J connectivity index is 2.67. The Hall–Kier alpha value is -2.04. The molecule has 0 aliphatic rings. The van der Waals surface area contributed by atoms with E-state index in [1.807, 2.05) is 33.8 Å². The zero-order valence-electron chi connectivity index (χ0n) is 11.8. The Kier molecular flexibility index (Phi) is 3.74. The lowest BCUT2D eigenvalue weighted by Crippen LogP contribution is -2.07. The second kappa shape index (κ2) is 5.30. The molecule has 0 unspecified atom stereocenters. The molecule has 0 bridgehead atoms. The van der Waals surface area contributed by atoms with Crippen molar-refractivity contribution in [1.82, 2.24) is 19.7 Å². The molecule has 0 radical (unpaired) electrons. The fourth-order valence-electron chi connectivity index (χ4n) is 2.25. The molecule has 0 aromatic carbocycles. The quantitative estimate of drug-likeness (QED) is 0.789. The maximum atomic E-state index is 11.3. The Labute approximate surface area is 112 Å². The molecular weight excluding hydrogens is 240 g/mol. The number of carbonyl (C=O) groups is 1. The molecule has 5 nitrogen and oxygen atoms in total. The topological polar surface area (TPSA) is 60.7 Å². The van der Waals surface area contributed by atoms with Gasteiger partial charge in [0.1, 0.15) is 5.82 Å². The minimum atomic E-state index is 0.693. The maximum absolute atomic E-state index is 11.3. The molecule has 2 heterocycles. The van der Waals surface area contributed by atoms with Gasteiger partial charge in [0.2, 0.25) is 0 Å². The first-order chi connectivity index (χ1) is 9.10. The van der Waals surface area contributed by atoms with Crippen LogP contribution in [0.3, 0.4) is 0 Å². The number of hydrogen-bond donors (Lipinski definition) is 0. The van der Waals surface area contributed by atoms with Crippen molar-refractivity contribution in [3.05, 3.63) is 34.5 Å². The van der Waals surface area contributed by atoms with Crippen molar-refractivity contribution < 1.29 is 4.79 Å². The Morgan fingerprint density at radius 2 is 1.95 bits per heavy atom. The fraction of sp³-hybridized carbons (Fsp3) is 0.429. The van der Waals surface area contributed by atoms with Crippen LogP contribution in [0.5, 0.6) is 0 Å². The van der Waals surface area contributed by atoms with Gasteiger partial charge in [0.05, 0.1) is 17.0 Å². The summed E-state index contributed by atoms with van der Waals surface area (Å²) in [5, 5.41) is 4.52. The molecule has 0 N–H and O–H groups in total. The number of carbonyl (C=O) groups excluding carboxylic acids is 1. The number of hydrogen-bond acceptors (Lipinski definition) is 4. The second-order valence-corrected chi connectivity index (χ2v) is 4.46. The number of rotatable bonds is 4. The van der Waals surface area contributed by atoms with E-state index in [1.54, 1.807) is 4.68 Å². The van der Waals surface area contributed by atoms with Gasteiger partial charge in [-0.2, -0.15) is 5.10 Å². The molecule has 0 atom stereocenters. The van der Waals surface area contributed by atoms with Gasteiger partial charge in [-0.3, -0.25) is 4.79 Å². The van der Waals surface area contributed by atoms with Crippen molar-refractivity contribution in [2.45, 2.75) is 40.5 Å². The van der Waals surface area contributed by atoms with Crippen LogP contribution in [-0.4, -0.2) is 26.0 Å². The first kappa shape index (κ1) is 13.4. The molecule has 0 fully saturated rings. The van der Waals surface area contributed by atoms with Crippen LogP contribution >= 0.6 is 0 Å². The third-order valence-electron chi connectivity index (χ3n) is 3.06. The summed E-state index contributed by atoms with van der Waals surface area (Å²) in [6.07, 6.45) is 2.36. The van der Waals surface area contributed by atoms with E-state index in [9.17, 15) is 4.79 Å². The van der Waals surface area contributed by atoms with E-state index >= 15 is 0 Å². The molecule has 5 heteroatoms. The normalized spacial score (nSPS) is 10.7. The molecule has 2 aromatic rings. The van der Waals surface area contributed by atoms with Crippen LogP contribution in [0, 0.1) is 13.8 Å². The summed E-state index contributed by atoms with van der Waals surface area (Å²) in [6.45, 7) is 7.79. The van der Waals surface area contributed by atoms with Crippen molar-refractivity contribution in [3.63, 3.8) is 0 Å². The fourth-order valence-corrected chi connectivity index (χ4v) is 2.25. The van der Waals surface area contributed by atoms with Crippen LogP contribution in [0.2, 0.25) is 0 Å². The molecule has 19 heavy (non-hydrogen) atoms. The monoisotopic (exact) mass is 258 g/mol. The van der Waals surface area contributed by atoms with Crippen LogP contribution < -0.4 is 0 Å². The van der Waals surface area contributed by atoms with E-state index in [1.165, 1.54) is 0 Å². The van der Waals surface area contributed by atoms with Gasteiger partial charge in [-0.1, -0.05) is 13.8 Å². The van der Waals surface area contributed by atoms with Crippen LogP contribution in [0.1, 0.15) is 47.1 Å². The minimum absolute atomic E-state index is 0.693. The van der Waals surface area contributed by atoms with Gasteiger partial charge in [0.15, 0.2) is 12.1 Å². The van der Waals surface area contributed by atoms with Gasteiger partial charge in [0, 0.05) is 11.8 Å². The van der Waals surface area contributed by atoms with Crippen molar-refractivity contribution >= 4 is 6.29 Å². The summed E-state index contributed by atoms with van der Waals surface area (Å²) in [5.74, 6) is 1.43.